The summed E-state index contributed by atoms with van der Waals surface area (Å²) in [4.78, 5) is 7.29. The average Bonchev–Trinajstić information content (AvgIpc) is 2.36. The van der Waals surface area contributed by atoms with Crippen LogP contribution < -0.4 is 5.90 Å². The molecular weight excluding hydrogens is 158 g/mol. The van der Waals surface area contributed by atoms with Gasteiger partial charge in [-0.1, -0.05) is 0 Å². The summed E-state index contributed by atoms with van der Waals surface area (Å²) < 4.78 is 0. The standard InChI is InChI=1S/C8H13NOS/c1-6-4-5-7(11-6)8(2,3)10-9/h4-5H,9H2,1-3H3. The lowest BCUT2D eigenvalue weighted by molar-refractivity contribution is -0.0208. The van der Waals surface area contributed by atoms with Crippen LogP contribution in [0.25, 0.3) is 0 Å². The Hall–Kier alpha value is -0.380. The fourth-order valence-electron chi connectivity index (χ4n) is 0.816. The smallest absolute Gasteiger partial charge is 0.118 e. The monoisotopic (exact) mass is 171 g/mol. The second kappa shape index (κ2) is 2.93. The van der Waals surface area contributed by atoms with Crippen LogP contribution in [0.5, 0.6) is 0 Å². The average molecular weight is 171 g/mol. The van der Waals surface area contributed by atoms with Crippen molar-refractivity contribution in [3.05, 3.63) is 21.9 Å². The Bertz CT molecular complexity index is 242. The molecule has 0 radical (unpaired) electrons. The summed E-state index contributed by atoms with van der Waals surface area (Å²) in [6, 6.07) is 4.12. The summed E-state index contributed by atoms with van der Waals surface area (Å²) in [6.45, 7) is 5.98. The number of hydrogen-bond donors (Lipinski definition) is 1. The van der Waals surface area contributed by atoms with E-state index in [1.54, 1.807) is 11.3 Å². The molecule has 62 valence electrons. The molecule has 2 N–H and O–H groups in total. The molecule has 0 aliphatic carbocycles. The van der Waals surface area contributed by atoms with Crippen molar-refractivity contribution in [2.75, 3.05) is 0 Å². The van der Waals surface area contributed by atoms with Gasteiger partial charge in [-0.25, -0.2) is 5.90 Å². The molecule has 0 saturated carbocycles. The molecular formula is C8H13NOS. The summed E-state index contributed by atoms with van der Waals surface area (Å²) in [5, 5.41) is 0. The summed E-state index contributed by atoms with van der Waals surface area (Å²) in [5.74, 6) is 5.15. The predicted octanol–water partition coefficient (Wildman–Crippen LogP) is 2.18. The van der Waals surface area contributed by atoms with Crippen LogP contribution in [0, 0.1) is 6.92 Å². The molecule has 11 heavy (non-hydrogen) atoms. The van der Waals surface area contributed by atoms with Crippen molar-refractivity contribution in [3.63, 3.8) is 0 Å². The third kappa shape index (κ3) is 1.80. The number of aryl methyl sites for hydroxylation is 1. The van der Waals surface area contributed by atoms with Gasteiger partial charge in [0.25, 0.3) is 0 Å². The van der Waals surface area contributed by atoms with Crippen LogP contribution in [0.2, 0.25) is 0 Å². The Labute approximate surface area is 70.9 Å². The van der Waals surface area contributed by atoms with E-state index < -0.39 is 0 Å². The fourth-order valence-corrected chi connectivity index (χ4v) is 1.73. The van der Waals surface area contributed by atoms with Gasteiger partial charge in [0, 0.05) is 9.75 Å². The van der Waals surface area contributed by atoms with E-state index in [2.05, 4.69) is 13.0 Å². The third-order valence-electron chi connectivity index (χ3n) is 1.63. The third-order valence-corrected chi connectivity index (χ3v) is 2.93. The van der Waals surface area contributed by atoms with Crippen LogP contribution in [0.1, 0.15) is 23.6 Å². The fraction of sp³-hybridized carbons (Fsp3) is 0.500. The molecule has 1 rings (SSSR count). The summed E-state index contributed by atoms with van der Waals surface area (Å²) in [5.41, 5.74) is -0.348. The summed E-state index contributed by atoms with van der Waals surface area (Å²) in [6.07, 6.45) is 0. The molecule has 0 aromatic carbocycles. The van der Waals surface area contributed by atoms with E-state index in [9.17, 15) is 0 Å². The van der Waals surface area contributed by atoms with Crippen LogP contribution in [-0.4, -0.2) is 0 Å². The normalized spacial score (nSPS) is 12.0. The van der Waals surface area contributed by atoms with E-state index in [1.807, 2.05) is 19.9 Å². The lowest BCUT2D eigenvalue weighted by Crippen LogP contribution is -2.23. The predicted molar refractivity (Wildman–Crippen MR) is 47.4 cm³/mol. The van der Waals surface area contributed by atoms with Gasteiger partial charge in [0.1, 0.15) is 5.60 Å². The topological polar surface area (TPSA) is 35.2 Å². The van der Waals surface area contributed by atoms with Crippen molar-refractivity contribution in [1.29, 1.82) is 0 Å². The van der Waals surface area contributed by atoms with Gasteiger partial charge < -0.3 is 0 Å². The van der Waals surface area contributed by atoms with E-state index in [-0.39, 0.29) is 5.60 Å². The SMILES string of the molecule is Cc1ccc(C(C)(C)ON)s1. The Morgan fingerprint density at radius 2 is 2.09 bits per heavy atom. The first kappa shape index (κ1) is 8.71. The van der Waals surface area contributed by atoms with E-state index in [1.165, 1.54) is 4.88 Å². The molecule has 0 bridgehead atoms. The molecule has 1 heterocycles. The van der Waals surface area contributed by atoms with Gasteiger partial charge in [-0.05, 0) is 32.9 Å². The molecule has 0 amide bonds. The maximum atomic E-state index is 5.15. The lowest BCUT2D eigenvalue weighted by Gasteiger charge is -2.19. The maximum absolute atomic E-state index is 5.15. The first-order chi connectivity index (χ1) is 5.06. The van der Waals surface area contributed by atoms with E-state index >= 15 is 0 Å². The molecule has 0 aliphatic rings. The number of nitrogens with two attached hydrogens (primary N) is 1. The molecule has 0 unspecified atom stereocenters. The van der Waals surface area contributed by atoms with Gasteiger partial charge in [-0.2, -0.15) is 0 Å². The Kier molecular flexibility index (Phi) is 2.32. The zero-order chi connectivity index (χ0) is 8.48. The van der Waals surface area contributed by atoms with Crippen LogP contribution in [0.3, 0.4) is 0 Å². The number of thiophene rings is 1. The van der Waals surface area contributed by atoms with Crippen molar-refractivity contribution >= 4 is 11.3 Å². The minimum atomic E-state index is -0.348. The van der Waals surface area contributed by atoms with Crippen LogP contribution >= 0.6 is 11.3 Å². The molecule has 0 atom stereocenters. The second-order valence-electron chi connectivity index (χ2n) is 3.04. The molecule has 0 aliphatic heterocycles. The molecule has 0 fully saturated rings. The molecule has 0 saturated heterocycles. The van der Waals surface area contributed by atoms with Crippen LogP contribution in [0.15, 0.2) is 12.1 Å². The Morgan fingerprint density at radius 3 is 2.45 bits per heavy atom. The van der Waals surface area contributed by atoms with E-state index in [0.29, 0.717) is 0 Å². The van der Waals surface area contributed by atoms with Crippen LogP contribution in [0.4, 0.5) is 0 Å². The largest absolute Gasteiger partial charge is 0.293 e. The van der Waals surface area contributed by atoms with Gasteiger partial charge in [0.05, 0.1) is 0 Å². The molecule has 1 aromatic rings. The number of hydrogen-bond acceptors (Lipinski definition) is 3. The van der Waals surface area contributed by atoms with Crippen molar-refractivity contribution in [3.8, 4) is 0 Å². The lowest BCUT2D eigenvalue weighted by atomic mass is 10.1. The highest BCUT2D eigenvalue weighted by Crippen LogP contribution is 2.29. The quantitative estimate of drug-likeness (QED) is 0.692. The van der Waals surface area contributed by atoms with Crippen molar-refractivity contribution in [2.24, 2.45) is 5.90 Å². The van der Waals surface area contributed by atoms with Crippen LogP contribution in [-0.2, 0) is 10.4 Å². The highest BCUT2D eigenvalue weighted by atomic mass is 32.1. The van der Waals surface area contributed by atoms with Gasteiger partial charge in [-0.15, -0.1) is 11.3 Å². The summed E-state index contributed by atoms with van der Waals surface area (Å²) in [7, 11) is 0. The van der Waals surface area contributed by atoms with Crippen molar-refractivity contribution < 1.29 is 4.84 Å². The molecule has 3 heteroatoms. The Balaban J connectivity index is 2.92. The van der Waals surface area contributed by atoms with Gasteiger partial charge in [-0.3, -0.25) is 4.84 Å². The minimum absolute atomic E-state index is 0.348. The first-order valence-corrected chi connectivity index (χ1v) is 4.33. The molecule has 2 nitrogen and oxygen atoms in total. The molecule has 0 spiro atoms. The maximum Gasteiger partial charge on any atom is 0.118 e. The van der Waals surface area contributed by atoms with E-state index in [0.717, 1.165) is 4.88 Å². The zero-order valence-electron chi connectivity index (χ0n) is 7.05. The van der Waals surface area contributed by atoms with Crippen molar-refractivity contribution in [1.82, 2.24) is 0 Å². The van der Waals surface area contributed by atoms with Crippen molar-refractivity contribution in [2.45, 2.75) is 26.4 Å². The van der Waals surface area contributed by atoms with Gasteiger partial charge in [0.15, 0.2) is 0 Å². The first-order valence-electron chi connectivity index (χ1n) is 3.51. The highest BCUT2D eigenvalue weighted by Gasteiger charge is 2.21. The van der Waals surface area contributed by atoms with Gasteiger partial charge in [0.2, 0.25) is 0 Å². The van der Waals surface area contributed by atoms with E-state index in [4.69, 9.17) is 10.7 Å². The van der Waals surface area contributed by atoms with Gasteiger partial charge >= 0.3 is 0 Å². The summed E-state index contributed by atoms with van der Waals surface area (Å²) >= 11 is 1.71. The minimum Gasteiger partial charge on any atom is -0.293 e. The highest BCUT2D eigenvalue weighted by molar-refractivity contribution is 7.12. The zero-order valence-corrected chi connectivity index (χ0v) is 7.87. The second-order valence-corrected chi connectivity index (χ2v) is 4.33. The number of rotatable bonds is 2. The molecule has 1 aromatic heterocycles. The Morgan fingerprint density at radius 1 is 1.45 bits per heavy atom.